The van der Waals surface area contributed by atoms with E-state index in [9.17, 15) is 4.79 Å². The van der Waals surface area contributed by atoms with Crippen LogP contribution in [0.1, 0.15) is 33.6 Å². The molecule has 1 saturated carbocycles. The molecule has 2 fully saturated rings. The van der Waals surface area contributed by atoms with Crippen LogP contribution in [0.5, 0.6) is 0 Å². The molecule has 5 nitrogen and oxygen atoms in total. The molecule has 0 bridgehead atoms. The zero-order valence-corrected chi connectivity index (χ0v) is 13.6. The molecule has 0 radical (unpaired) electrons. The first-order valence-electron chi connectivity index (χ1n) is 7.47. The molecule has 1 heterocycles. The van der Waals surface area contributed by atoms with Crippen LogP contribution in [0, 0.1) is 0 Å². The second kappa shape index (κ2) is 6.70. The van der Waals surface area contributed by atoms with Crippen molar-refractivity contribution in [3.05, 3.63) is 0 Å². The van der Waals surface area contributed by atoms with Gasteiger partial charge in [0.05, 0.1) is 0 Å². The van der Waals surface area contributed by atoms with Gasteiger partial charge >= 0.3 is 0 Å². The van der Waals surface area contributed by atoms with Gasteiger partial charge < -0.3 is 15.5 Å². The maximum Gasteiger partial charge on any atom is 0.242 e. The number of thioether (sulfide) groups is 1. The highest BCUT2D eigenvalue weighted by molar-refractivity contribution is 8.00. The summed E-state index contributed by atoms with van der Waals surface area (Å²) in [7, 11) is 0. The molecule has 0 aromatic carbocycles. The van der Waals surface area contributed by atoms with E-state index in [0.717, 1.165) is 44.2 Å². The molecule has 0 atom stereocenters. The molecule has 1 saturated heterocycles. The van der Waals surface area contributed by atoms with E-state index in [1.165, 1.54) is 0 Å². The van der Waals surface area contributed by atoms with Crippen LogP contribution >= 0.6 is 11.8 Å². The van der Waals surface area contributed by atoms with Crippen molar-refractivity contribution < 1.29 is 4.79 Å². The van der Waals surface area contributed by atoms with Gasteiger partial charge in [-0.1, -0.05) is 0 Å². The highest BCUT2D eigenvalue weighted by Crippen LogP contribution is 2.29. The summed E-state index contributed by atoms with van der Waals surface area (Å²) in [6.45, 7) is 9.58. The Morgan fingerprint density at radius 3 is 2.80 bits per heavy atom. The fourth-order valence-electron chi connectivity index (χ4n) is 2.27. The number of amides is 1. The lowest BCUT2D eigenvalue weighted by Crippen LogP contribution is -2.51. The minimum Gasteiger partial charge on any atom is -0.357 e. The molecule has 0 aromatic rings. The van der Waals surface area contributed by atoms with Crippen molar-refractivity contribution >= 4 is 23.6 Å². The lowest BCUT2D eigenvalue weighted by molar-refractivity contribution is -0.119. The van der Waals surface area contributed by atoms with Gasteiger partial charge in [-0.3, -0.25) is 4.79 Å². The summed E-state index contributed by atoms with van der Waals surface area (Å²) in [6.07, 6.45) is 2.24. The molecule has 2 N–H and O–H groups in total. The van der Waals surface area contributed by atoms with E-state index >= 15 is 0 Å². The molecule has 2 rings (SSSR count). The second-order valence-electron chi connectivity index (χ2n) is 6.04. The molecule has 0 aromatic heterocycles. The Bertz CT molecular complexity index is 379. The summed E-state index contributed by atoms with van der Waals surface area (Å²) in [4.78, 5) is 18.5. The summed E-state index contributed by atoms with van der Waals surface area (Å²) >= 11 is 2.00. The third kappa shape index (κ3) is 4.89. The first kappa shape index (κ1) is 15.5. The number of hydrogen-bond acceptors (Lipinski definition) is 3. The molecule has 0 unspecified atom stereocenters. The Morgan fingerprint density at radius 1 is 1.45 bits per heavy atom. The van der Waals surface area contributed by atoms with Crippen LogP contribution in [-0.4, -0.2) is 59.5 Å². The summed E-state index contributed by atoms with van der Waals surface area (Å²) in [6, 6.07) is 0.408. The van der Waals surface area contributed by atoms with Gasteiger partial charge in [0, 0.05) is 36.2 Å². The molecule has 2 aliphatic rings. The van der Waals surface area contributed by atoms with E-state index in [4.69, 9.17) is 0 Å². The average molecular weight is 298 g/mol. The molecule has 1 aliphatic heterocycles. The fourth-order valence-corrected chi connectivity index (χ4v) is 3.38. The van der Waals surface area contributed by atoms with E-state index in [1.807, 2.05) is 11.8 Å². The number of rotatable bonds is 4. The van der Waals surface area contributed by atoms with Crippen molar-refractivity contribution in [3.8, 4) is 0 Å². The van der Waals surface area contributed by atoms with Crippen LogP contribution < -0.4 is 10.6 Å². The van der Waals surface area contributed by atoms with E-state index in [-0.39, 0.29) is 17.2 Å². The quantitative estimate of drug-likeness (QED) is 0.602. The van der Waals surface area contributed by atoms with Gasteiger partial charge in [-0.25, -0.2) is 4.99 Å². The van der Waals surface area contributed by atoms with Gasteiger partial charge in [0.2, 0.25) is 5.91 Å². The first-order valence-corrected chi connectivity index (χ1v) is 8.45. The normalized spacial score (nSPS) is 22.6. The number of nitrogens with zero attached hydrogens (tertiary/aromatic N) is 2. The van der Waals surface area contributed by atoms with Crippen LogP contribution in [0.3, 0.4) is 0 Å². The number of hydrogen-bond donors (Lipinski definition) is 2. The van der Waals surface area contributed by atoms with Crippen molar-refractivity contribution in [2.75, 3.05) is 31.9 Å². The fraction of sp³-hybridized carbons (Fsp3) is 0.857. The molecule has 0 spiro atoms. The highest BCUT2D eigenvalue weighted by Gasteiger charge is 2.29. The summed E-state index contributed by atoms with van der Waals surface area (Å²) in [5, 5.41) is 6.28. The van der Waals surface area contributed by atoms with Crippen LogP contribution in [0.2, 0.25) is 0 Å². The van der Waals surface area contributed by atoms with Crippen molar-refractivity contribution in [2.24, 2.45) is 4.99 Å². The minimum atomic E-state index is 0.0357. The maximum absolute atomic E-state index is 11.7. The van der Waals surface area contributed by atoms with Gasteiger partial charge in [-0.15, -0.1) is 0 Å². The van der Waals surface area contributed by atoms with Crippen molar-refractivity contribution in [3.63, 3.8) is 0 Å². The second-order valence-corrected chi connectivity index (χ2v) is 7.84. The first-order chi connectivity index (χ1) is 9.50. The summed E-state index contributed by atoms with van der Waals surface area (Å²) < 4.78 is 0.241. The number of nitrogens with one attached hydrogen (secondary N) is 2. The zero-order valence-electron chi connectivity index (χ0n) is 12.7. The minimum absolute atomic E-state index is 0.0357. The molecule has 20 heavy (non-hydrogen) atoms. The van der Waals surface area contributed by atoms with Gasteiger partial charge in [-0.05, 0) is 33.6 Å². The molecule has 1 aliphatic carbocycles. The van der Waals surface area contributed by atoms with Gasteiger partial charge in [0.25, 0.3) is 0 Å². The molecule has 114 valence electrons. The van der Waals surface area contributed by atoms with E-state index < -0.39 is 0 Å². The Kier molecular flexibility index (Phi) is 5.18. The van der Waals surface area contributed by atoms with Gasteiger partial charge in [0.1, 0.15) is 6.54 Å². The Hall–Kier alpha value is -0.910. The third-order valence-corrected chi connectivity index (χ3v) is 4.67. The predicted molar refractivity (Wildman–Crippen MR) is 85.3 cm³/mol. The SMILES string of the molecule is CCNC(=NCC(=O)NC1CC1)N1CCSC(C)(C)C1. The largest absolute Gasteiger partial charge is 0.357 e. The monoisotopic (exact) mass is 298 g/mol. The third-order valence-electron chi connectivity index (χ3n) is 3.37. The van der Waals surface area contributed by atoms with Crippen molar-refractivity contribution in [1.29, 1.82) is 0 Å². The van der Waals surface area contributed by atoms with Crippen LogP contribution in [0.15, 0.2) is 4.99 Å². The van der Waals surface area contributed by atoms with E-state index in [2.05, 4.69) is 41.3 Å². The lowest BCUT2D eigenvalue weighted by Gasteiger charge is -2.39. The van der Waals surface area contributed by atoms with Gasteiger partial charge in [0.15, 0.2) is 5.96 Å². The topological polar surface area (TPSA) is 56.7 Å². The highest BCUT2D eigenvalue weighted by atomic mass is 32.2. The maximum atomic E-state index is 11.7. The number of carbonyl (C=O) groups excluding carboxylic acids is 1. The lowest BCUT2D eigenvalue weighted by atomic mass is 10.2. The smallest absolute Gasteiger partial charge is 0.242 e. The van der Waals surface area contributed by atoms with Gasteiger partial charge in [-0.2, -0.15) is 11.8 Å². The van der Waals surface area contributed by atoms with Crippen LogP contribution in [0.4, 0.5) is 0 Å². The Morgan fingerprint density at radius 2 is 2.20 bits per heavy atom. The van der Waals surface area contributed by atoms with Crippen molar-refractivity contribution in [1.82, 2.24) is 15.5 Å². The Labute approximate surface area is 126 Å². The number of aliphatic imine (C=N–C) groups is 1. The summed E-state index contributed by atoms with van der Waals surface area (Å²) in [5.74, 6) is 2.01. The molecular formula is C14H26N4OS. The number of carbonyl (C=O) groups is 1. The predicted octanol–water partition coefficient (Wildman–Crippen LogP) is 1.06. The van der Waals surface area contributed by atoms with E-state index in [1.54, 1.807) is 0 Å². The number of guanidine groups is 1. The molecule has 1 amide bonds. The standard InChI is InChI=1S/C14H26N4OS/c1-4-15-13(16-9-12(19)17-11-5-6-11)18-7-8-20-14(2,3)10-18/h11H,4-10H2,1-3H3,(H,15,16)(H,17,19). The average Bonchev–Trinajstić information content (AvgIpc) is 3.17. The summed E-state index contributed by atoms with van der Waals surface area (Å²) in [5.41, 5.74) is 0. The van der Waals surface area contributed by atoms with Crippen LogP contribution in [0.25, 0.3) is 0 Å². The van der Waals surface area contributed by atoms with E-state index in [0.29, 0.717) is 6.04 Å². The zero-order chi connectivity index (χ0) is 14.6. The molecule has 6 heteroatoms. The Balaban J connectivity index is 1.92. The van der Waals surface area contributed by atoms with Crippen molar-refractivity contribution in [2.45, 2.75) is 44.4 Å². The molecular weight excluding hydrogens is 272 g/mol. The van der Waals surface area contributed by atoms with Crippen LogP contribution in [-0.2, 0) is 4.79 Å².